The third-order valence-corrected chi connectivity index (χ3v) is 3.57. The predicted octanol–water partition coefficient (Wildman–Crippen LogP) is 0.343. The Morgan fingerprint density at radius 2 is 2.25 bits per heavy atom. The van der Waals surface area contributed by atoms with Gasteiger partial charge in [-0.2, -0.15) is 4.98 Å². The summed E-state index contributed by atoms with van der Waals surface area (Å²) in [5.41, 5.74) is 5.61. The number of nitrogens with zero attached hydrogens (tertiary/aromatic N) is 4. The predicted molar refractivity (Wildman–Crippen MR) is 63.3 cm³/mol. The number of anilines is 2. The van der Waals surface area contributed by atoms with E-state index in [0.29, 0.717) is 12.0 Å². The minimum Gasteiger partial charge on any atom is -0.368 e. The largest absolute Gasteiger partial charge is 0.368 e. The maximum atomic E-state index is 5.61. The lowest BCUT2D eigenvalue weighted by Crippen LogP contribution is -2.50. The van der Waals surface area contributed by atoms with Gasteiger partial charge >= 0.3 is 0 Å². The van der Waals surface area contributed by atoms with Crippen molar-refractivity contribution in [3.05, 3.63) is 12.3 Å². The molecule has 0 amide bonds. The SMILES string of the molecule is Nc1nccc(N2CCN3CCCC3C2)n1. The summed E-state index contributed by atoms with van der Waals surface area (Å²) >= 11 is 0. The van der Waals surface area contributed by atoms with Gasteiger partial charge in [-0.25, -0.2) is 4.98 Å². The second-order valence-corrected chi connectivity index (χ2v) is 4.55. The number of fused-ring (bicyclic) bond motifs is 1. The summed E-state index contributed by atoms with van der Waals surface area (Å²) in [6.07, 6.45) is 4.39. The maximum absolute atomic E-state index is 5.61. The molecule has 2 N–H and O–H groups in total. The third-order valence-electron chi connectivity index (χ3n) is 3.57. The smallest absolute Gasteiger partial charge is 0.221 e. The van der Waals surface area contributed by atoms with Crippen LogP contribution in [0.3, 0.4) is 0 Å². The Balaban J connectivity index is 1.76. The number of aromatic nitrogens is 2. The molecule has 0 radical (unpaired) electrons. The van der Waals surface area contributed by atoms with Crippen LogP contribution in [0.4, 0.5) is 11.8 Å². The molecule has 0 saturated carbocycles. The highest BCUT2D eigenvalue weighted by Gasteiger charge is 2.30. The van der Waals surface area contributed by atoms with Crippen LogP contribution in [-0.4, -0.2) is 47.1 Å². The van der Waals surface area contributed by atoms with Crippen LogP contribution in [0, 0.1) is 0 Å². The summed E-state index contributed by atoms with van der Waals surface area (Å²) in [5.74, 6) is 1.34. The van der Waals surface area contributed by atoms with Crippen LogP contribution in [0.15, 0.2) is 12.3 Å². The molecule has 5 heteroatoms. The Kier molecular flexibility index (Phi) is 2.40. The van der Waals surface area contributed by atoms with Gasteiger partial charge in [0.2, 0.25) is 5.95 Å². The molecule has 5 nitrogen and oxygen atoms in total. The summed E-state index contributed by atoms with van der Waals surface area (Å²) < 4.78 is 0. The van der Waals surface area contributed by atoms with Crippen molar-refractivity contribution in [1.82, 2.24) is 14.9 Å². The molecule has 16 heavy (non-hydrogen) atoms. The lowest BCUT2D eigenvalue weighted by atomic mass is 10.1. The fourth-order valence-electron chi connectivity index (χ4n) is 2.74. The van der Waals surface area contributed by atoms with Crippen molar-refractivity contribution in [3.8, 4) is 0 Å². The zero-order chi connectivity index (χ0) is 11.0. The van der Waals surface area contributed by atoms with Gasteiger partial charge in [0.1, 0.15) is 5.82 Å². The van der Waals surface area contributed by atoms with Crippen LogP contribution >= 0.6 is 0 Å². The third kappa shape index (κ3) is 1.71. The Morgan fingerprint density at radius 1 is 1.31 bits per heavy atom. The van der Waals surface area contributed by atoms with Crippen molar-refractivity contribution in [3.63, 3.8) is 0 Å². The van der Waals surface area contributed by atoms with Crippen molar-refractivity contribution in [1.29, 1.82) is 0 Å². The quantitative estimate of drug-likeness (QED) is 0.738. The molecule has 2 aliphatic heterocycles. The van der Waals surface area contributed by atoms with Crippen molar-refractivity contribution in [2.24, 2.45) is 0 Å². The average Bonchev–Trinajstić information content (AvgIpc) is 2.75. The Bertz CT molecular complexity index is 380. The molecule has 1 atom stereocenters. The van der Waals surface area contributed by atoms with E-state index in [2.05, 4.69) is 19.8 Å². The first-order chi connectivity index (χ1) is 7.83. The summed E-state index contributed by atoms with van der Waals surface area (Å²) in [6.45, 7) is 4.54. The molecule has 2 fully saturated rings. The van der Waals surface area contributed by atoms with E-state index in [1.54, 1.807) is 6.20 Å². The summed E-state index contributed by atoms with van der Waals surface area (Å²) in [7, 11) is 0. The first-order valence-corrected chi connectivity index (χ1v) is 5.90. The van der Waals surface area contributed by atoms with Crippen molar-refractivity contribution >= 4 is 11.8 Å². The lowest BCUT2D eigenvalue weighted by molar-refractivity contribution is 0.230. The van der Waals surface area contributed by atoms with Gasteiger partial charge in [-0.3, -0.25) is 4.90 Å². The van der Waals surface area contributed by atoms with E-state index in [1.165, 1.54) is 19.4 Å². The molecule has 0 aromatic carbocycles. The Labute approximate surface area is 95.3 Å². The van der Waals surface area contributed by atoms with Crippen LogP contribution in [0.25, 0.3) is 0 Å². The fraction of sp³-hybridized carbons (Fsp3) is 0.636. The zero-order valence-corrected chi connectivity index (χ0v) is 9.34. The monoisotopic (exact) mass is 219 g/mol. The Morgan fingerprint density at radius 3 is 3.12 bits per heavy atom. The molecule has 3 heterocycles. The van der Waals surface area contributed by atoms with E-state index in [4.69, 9.17) is 5.73 Å². The van der Waals surface area contributed by atoms with E-state index >= 15 is 0 Å². The second kappa shape index (κ2) is 3.90. The maximum Gasteiger partial charge on any atom is 0.221 e. The number of nitrogen functional groups attached to an aromatic ring is 1. The Hall–Kier alpha value is -1.36. The molecular weight excluding hydrogens is 202 g/mol. The molecule has 1 unspecified atom stereocenters. The number of hydrogen-bond acceptors (Lipinski definition) is 5. The molecular formula is C11H17N5. The van der Waals surface area contributed by atoms with Gasteiger partial charge < -0.3 is 10.6 Å². The number of rotatable bonds is 1. The van der Waals surface area contributed by atoms with Gasteiger partial charge in [0, 0.05) is 31.9 Å². The van der Waals surface area contributed by atoms with E-state index in [1.807, 2.05) is 6.07 Å². The van der Waals surface area contributed by atoms with E-state index in [9.17, 15) is 0 Å². The van der Waals surface area contributed by atoms with Crippen LogP contribution in [0.1, 0.15) is 12.8 Å². The van der Waals surface area contributed by atoms with E-state index in [0.717, 1.165) is 25.5 Å². The number of piperazine rings is 1. The minimum absolute atomic E-state index is 0.367. The number of hydrogen-bond donors (Lipinski definition) is 1. The molecule has 1 aromatic heterocycles. The van der Waals surface area contributed by atoms with Gasteiger partial charge in [0.05, 0.1) is 0 Å². The molecule has 1 aromatic rings. The highest BCUT2D eigenvalue weighted by molar-refractivity contribution is 5.41. The van der Waals surface area contributed by atoms with Crippen LogP contribution in [0.2, 0.25) is 0 Å². The topological polar surface area (TPSA) is 58.3 Å². The number of nitrogens with two attached hydrogens (primary N) is 1. The van der Waals surface area contributed by atoms with Crippen LogP contribution < -0.4 is 10.6 Å². The lowest BCUT2D eigenvalue weighted by Gasteiger charge is -2.38. The minimum atomic E-state index is 0.367. The summed E-state index contributed by atoms with van der Waals surface area (Å²) in [4.78, 5) is 13.1. The average molecular weight is 219 g/mol. The molecule has 3 rings (SSSR count). The van der Waals surface area contributed by atoms with Gasteiger partial charge in [-0.1, -0.05) is 0 Å². The highest BCUT2D eigenvalue weighted by atomic mass is 15.3. The molecule has 2 saturated heterocycles. The molecule has 0 aliphatic carbocycles. The van der Waals surface area contributed by atoms with Crippen molar-refractivity contribution in [2.75, 3.05) is 36.8 Å². The zero-order valence-electron chi connectivity index (χ0n) is 9.34. The second-order valence-electron chi connectivity index (χ2n) is 4.55. The summed E-state index contributed by atoms with van der Waals surface area (Å²) in [6, 6.07) is 2.66. The van der Waals surface area contributed by atoms with Gasteiger partial charge in [0.25, 0.3) is 0 Å². The van der Waals surface area contributed by atoms with Crippen molar-refractivity contribution < 1.29 is 0 Å². The van der Waals surface area contributed by atoms with Gasteiger partial charge in [0.15, 0.2) is 0 Å². The van der Waals surface area contributed by atoms with Gasteiger partial charge in [-0.05, 0) is 25.5 Å². The first-order valence-electron chi connectivity index (χ1n) is 5.90. The highest BCUT2D eigenvalue weighted by Crippen LogP contribution is 2.24. The molecule has 2 aliphatic rings. The standard InChI is InChI=1S/C11H17N5/c12-11-13-4-3-10(14-11)16-7-6-15-5-1-2-9(15)8-16/h3-4,9H,1-2,5-8H2,(H2,12,13,14). The van der Waals surface area contributed by atoms with Gasteiger partial charge in [-0.15, -0.1) is 0 Å². The summed E-state index contributed by atoms with van der Waals surface area (Å²) in [5, 5.41) is 0. The van der Waals surface area contributed by atoms with E-state index < -0.39 is 0 Å². The van der Waals surface area contributed by atoms with Crippen LogP contribution in [0.5, 0.6) is 0 Å². The normalized spacial score (nSPS) is 25.8. The molecule has 0 bridgehead atoms. The molecule has 0 spiro atoms. The fourth-order valence-corrected chi connectivity index (χ4v) is 2.74. The van der Waals surface area contributed by atoms with Crippen LogP contribution in [-0.2, 0) is 0 Å². The van der Waals surface area contributed by atoms with Crippen molar-refractivity contribution in [2.45, 2.75) is 18.9 Å². The first kappa shape index (κ1) is 9.84. The molecule has 86 valence electrons. The van der Waals surface area contributed by atoms with E-state index in [-0.39, 0.29) is 0 Å².